The summed E-state index contributed by atoms with van der Waals surface area (Å²) in [5.41, 5.74) is 5.07. The first-order valence-corrected chi connectivity index (χ1v) is 10.1. The van der Waals surface area contributed by atoms with Crippen molar-refractivity contribution in [1.82, 2.24) is 30.3 Å². The van der Waals surface area contributed by atoms with Crippen LogP contribution in [0.4, 0.5) is 5.82 Å². The molecule has 4 N–H and O–H groups in total. The molecule has 1 aliphatic heterocycles. The largest absolute Gasteiger partial charge is 0.364 e. The summed E-state index contributed by atoms with van der Waals surface area (Å²) in [5, 5.41) is 15.5. The molecule has 1 aliphatic rings. The lowest BCUT2D eigenvalue weighted by atomic mass is 10.1. The van der Waals surface area contributed by atoms with Crippen molar-refractivity contribution in [1.29, 1.82) is 0 Å². The highest BCUT2D eigenvalue weighted by Gasteiger charge is 2.22. The number of amides is 1. The Morgan fingerprint density at radius 1 is 1.40 bits per heavy atom. The molecule has 0 bridgehead atoms. The van der Waals surface area contributed by atoms with Crippen LogP contribution in [0.1, 0.15) is 42.8 Å². The summed E-state index contributed by atoms with van der Waals surface area (Å²) in [6.45, 7) is 4.40. The lowest BCUT2D eigenvalue weighted by Crippen LogP contribution is -2.17. The summed E-state index contributed by atoms with van der Waals surface area (Å²) in [6, 6.07) is 7.94. The third-order valence-electron chi connectivity index (χ3n) is 5.14. The number of nitrogens with one attached hydrogen (secondary N) is 3. The van der Waals surface area contributed by atoms with Gasteiger partial charge in [-0.3, -0.25) is 10.0 Å². The maximum Gasteiger partial charge on any atom is 0.267 e. The average Bonchev–Trinajstić information content (AvgIpc) is 3.46. The molecule has 1 saturated heterocycles. The molecule has 30 heavy (non-hydrogen) atoms. The zero-order valence-corrected chi connectivity index (χ0v) is 16.8. The smallest absolute Gasteiger partial charge is 0.267 e. The van der Waals surface area contributed by atoms with E-state index in [2.05, 4.69) is 22.5 Å². The molecule has 156 valence electrons. The van der Waals surface area contributed by atoms with Crippen LogP contribution in [0, 0.1) is 0 Å². The standard InChI is InChI=1S/C21H25N7O2/c1-2-28-13-24-18-20(25-19(26-21(18)28)16-7-4-10-22-16)23-12-15-6-3-5-14(11-15)8-9-17(29)27-30/h3,5-6,8-9,11,13,16,22,30H,2,4,7,10,12H2,1H3,(H,27,29)(H,23,25,26)/b9-8+. The number of nitrogens with zero attached hydrogens (tertiary/aromatic N) is 4. The maximum absolute atomic E-state index is 11.2. The van der Waals surface area contributed by atoms with Crippen molar-refractivity contribution >= 4 is 29.0 Å². The van der Waals surface area contributed by atoms with Crippen LogP contribution < -0.4 is 16.1 Å². The Morgan fingerprint density at radius 3 is 3.07 bits per heavy atom. The van der Waals surface area contributed by atoms with Gasteiger partial charge in [0.25, 0.3) is 5.91 Å². The van der Waals surface area contributed by atoms with Gasteiger partial charge in [0.1, 0.15) is 11.3 Å². The van der Waals surface area contributed by atoms with E-state index in [1.165, 1.54) is 6.08 Å². The molecule has 1 unspecified atom stereocenters. The van der Waals surface area contributed by atoms with Crippen LogP contribution in [0.2, 0.25) is 0 Å². The SMILES string of the molecule is CCn1cnc2c(NCc3cccc(/C=C/C(=O)NO)c3)nc(C3CCCN3)nc21. The van der Waals surface area contributed by atoms with Gasteiger partial charge in [-0.05, 0) is 49.6 Å². The third kappa shape index (κ3) is 4.32. The maximum atomic E-state index is 11.2. The van der Waals surface area contributed by atoms with E-state index >= 15 is 0 Å². The number of rotatable bonds is 7. The van der Waals surface area contributed by atoms with E-state index in [-0.39, 0.29) is 6.04 Å². The van der Waals surface area contributed by atoms with Gasteiger partial charge in [0, 0.05) is 19.2 Å². The lowest BCUT2D eigenvalue weighted by Gasteiger charge is -2.13. The van der Waals surface area contributed by atoms with Crippen molar-refractivity contribution in [3.05, 3.63) is 53.6 Å². The Labute approximate surface area is 174 Å². The third-order valence-corrected chi connectivity index (χ3v) is 5.14. The molecule has 1 atom stereocenters. The first kappa shape index (κ1) is 20.0. The zero-order chi connectivity index (χ0) is 20.9. The minimum Gasteiger partial charge on any atom is -0.364 e. The molecule has 0 radical (unpaired) electrons. The van der Waals surface area contributed by atoms with Crippen LogP contribution >= 0.6 is 0 Å². The average molecular weight is 407 g/mol. The number of hydrogen-bond donors (Lipinski definition) is 4. The van der Waals surface area contributed by atoms with Crippen molar-refractivity contribution in [3.8, 4) is 0 Å². The van der Waals surface area contributed by atoms with Crippen LogP contribution in [-0.2, 0) is 17.9 Å². The number of imidazole rings is 1. The van der Waals surface area contributed by atoms with Crippen molar-refractivity contribution in [3.63, 3.8) is 0 Å². The van der Waals surface area contributed by atoms with Crippen molar-refractivity contribution in [2.75, 3.05) is 11.9 Å². The second kappa shape index (κ2) is 9.02. The van der Waals surface area contributed by atoms with Crippen LogP contribution in [-0.4, -0.2) is 37.2 Å². The number of hydroxylamine groups is 1. The molecule has 0 aliphatic carbocycles. The van der Waals surface area contributed by atoms with Gasteiger partial charge >= 0.3 is 0 Å². The molecule has 0 saturated carbocycles. The Morgan fingerprint density at radius 2 is 2.30 bits per heavy atom. The highest BCUT2D eigenvalue weighted by Crippen LogP contribution is 2.26. The van der Waals surface area contributed by atoms with Crippen LogP contribution in [0.5, 0.6) is 0 Å². The van der Waals surface area contributed by atoms with Gasteiger partial charge in [-0.1, -0.05) is 18.2 Å². The number of hydrogen-bond acceptors (Lipinski definition) is 7. The number of carbonyl (C=O) groups is 1. The van der Waals surface area contributed by atoms with Gasteiger partial charge in [0.2, 0.25) is 0 Å². The molecule has 1 amide bonds. The van der Waals surface area contributed by atoms with Crippen LogP contribution in [0.25, 0.3) is 17.2 Å². The molecule has 9 heteroatoms. The normalized spacial score (nSPS) is 16.4. The summed E-state index contributed by atoms with van der Waals surface area (Å²) in [5.74, 6) is 0.947. The first-order chi connectivity index (χ1) is 14.7. The van der Waals surface area contributed by atoms with E-state index < -0.39 is 5.91 Å². The summed E-state index contributed by atoms with van der Waals surface area (Å²) < 4.78 is 2.03. The van der Waals surface area contributed by atoms with E-state index in [9.17, 15) is 4.79 Å². The van der Waals surface area contributed by atoms with Crippen molar-refractivity contribution in [2.45, 2.75) is 38.9 Å². The highest BCUT2D eigenvalue weighted by atomic mass is 16.5. The van der Waals surface area contributed by atoms with Crippen LogP contribution in [0.15, 0.2) is 36.7 Å². The van der Waals surface area contributed by atoms with Gasteiger partial charge in [0.05, 0.1) is 12.4 Å². The fraction of sp³-hybridized carbons (Fsp3) is 0.333. The molecule has 1 fully saturated rings. The van der Waals surface area contributed by atoms with Crippen LogP contribution in [0.3, 0.4) is 0 Å². The number of benzene rings is 1. The molecular weight excluding hydrogens is 382 g/mol. The highest BCUT2D eigenvalue weighted by molar-refractivity contribution is 5.90. The predicted molar refractivity (Wildman–Crippen MR) is 114 cm³/mol. The van der Waals surface area contributed by atoms with E-state index in [4.69, 9.17) is 15.2 Å². The fourth-order valence-corrected chi connectivity index (χ4v) is 3.58. The second-order valence-electron chi connectivity index (χ2n) is 7.19. The summed E-state index contributed by atoms with van der Waals surface area (Å²) in [4.78, 5) is 25.3. The molecule has 3 heterocycles. The molecule has 9 nitrogen and oxygen atoms in total. The quantitative estimate of drug-likeness (QED) is 0.270. The summed E-state index contributed by atoms with van der Waals surface area (Å²) >= 11 is 0. The van der Waals surface area contributed by atoms with Gasteiger partial charge in [-0.2, -0.15) is 0 Å². The number of anilines is 1. The minimum absolute atomic E-state index is 0.168. The number of fused-ring (bicyclic) bond motifs is 1. The van der Waals surface area contributed by atoms with Gasteiger partial charge in [-0.15, -0.1) is 0 Å². The molecular formula is C21H25N7O2. The molecule has 4 rings (SSSR count). The fourth-order valence-electron chi connectivity index (χ4n) is 3.58. The number of aromatic nitrogens is 4. The van der Waals surface area contributed by atoms with Gasteiger partial charge in [-0.25, -0.2) is 20.4 Å². The monoisotopic (exact) mass is 407 g/mol. The van der Waals surface area contributed by atoms with E-state index in [1.807, 2.05) is 28.8 Å². The lowest BCUT2D eigenvalue weighted by molar-refractivity contribution is -0.124. The summed E-state index contributed by atoms with van der Waals surface area (Å²) in [7, 11) is 0. The Bertz CT molecular complexity index is 1070. The van der Waals surface area contributed by atoms with Gasteiger partial charge in [0.15, 0.2) is 11.5 Å². The Kier molecular flexibility index (Phi) is 6.01. The first-order valence-electron chi connectivity index (χ1n) is 10.1. The Hall–Kier alpha value is -3.30. The number of carbonyl (C=O) groups excluding carboxylic acids is 1. The van der Waals surface area contributed by atoms with E-state index in [1.54, 1.807) is 17.9 Å². The van der Waals surface area contributed by atoms with Crippen molar-refractivity contribution in [2.24, 2.45) is 0 Å². The van der Waals surface area contributed by atoms with E-state index in [0.717, 1.165) is 59.9 Å². The number of aryl methyl sites for hydroxylation is 1. The van der Waals surface area contributed by atoms with E-state index in [0.29, 0.717) is 6.54 Å². The minimum atomic E-state index is -0.568. The van der Waals surface area contributed by atoms with Gasteiger partial charge < -0.3 is 15.2 Å². The summed E-state index contributed by atoms with van der Waals surface area (Å²) in [6.07, 6.45) is 6.87. The Balaban J connectivity index is 1.58. The van der Waals surface area contributed by atoms with Crippen molar-refractivity contribution < 1.29 is 10.0 Å². The molecule has 3 aromatic rings. The second-order valence-corrected chi connectivity index (χ2v) is 7.19. The topological polar surface area (TPSA) is 117 Å². The molecule has 1 aromatic carbocycles. The zero-order valence-electron chi connectivity index (χ0n) is 16.8. The molecule has 0 spiro atoms. The molecule has 2 aromatic heterocycles. The predicted octanol–water partition coefficient (Wildman–Crippen LogP) is 2.40.